The van der Waals surface area contributed by atoms with E-state index in [-0.39, 0.29) is 23.9 Å². The first-order valence-corrected chi connectivity index (χ1v) is 12.5. The molecule has 0 unspecified atom stereocenters. The van der Waals surface area contributed by atoms with E-state index in [9.17, 15) is 4.79 Å². The summed E-state index contributed by atoms with van der Waals surface area (Å²) in [5.41, 5.74) is 3.85. The lowest BCUT2D eigenvalue weighted by Gasteiger charge is -2.28. The molecule has 2 atom stereocenters. The van der Waals surface area contributed by atoms with Crippen molar-refractivity contribution in [1.29, 1.82) is 0 Å². The summed E-state index contributed by atoms with van der Waals surface area (Å²) in [6.45, 7) is 2.44. The molecule has 1 heterocycles. The van der Waals surface area contributed by atoms with Crippen molar-refractivity contribution in [2.45, 2.75) is 31.0 Å². The standard InChI is InChI=1S/C31H33N3O/c1-32-31(35)30-19-27(33-20-26-17-10-16-23-15-8-9-18-28(23)26)21-34(30)22-29(24-11-4-2-5-12-24)25-13-6-3-7-14-25/h2-18,27,29-30,33H,19-22H2,1H3,(H,32,35)/t27-,30+/m1/s1. The Bertz CT molecular complexity index is 1210. The van der Waals surface area contributed by atoms with Gasteiger partial charge in [0.15, 0.2) is 0 Å². The summed E-state index contributed by atoms with van der Waals surface area (Å²) in [6, 6.07) is 36.4. The zero-order chi connectivity index (χ0) is 24.0. The fourth-order valence-electron chi connectivity index (χ4n) is 5.40. The molecule has 0 aromatic heterocycles. The normalized spacial score (nSPS) is 18.2. The zero-order valence-corrected chi connectivity index (χ0v) is 20.2. The SMILES string of the molecule is CNC(=O)[C@@H]1C[C@@H](NCc2cccc3ccccc23)CN1CC(c1ccccc1)c1ccccc1. The summed E-state index contributed by atoms with van der Waals surface area (Å²) in [7, 11) is 1.74. The molecule has 1 saturated heterocycles. The van der Waals surface area contributed by atoms with Gasteiger partial charge in [0.25, 0.3) is 0 Å². The number of amides is 1. The van der Waals surface area contributed by atoms with E-state index in [1.807, 2.05) is 0 Å². The highest BCUT2D eigenvalue weighted by Crippen LogP contribution is 2.29. The number of benzene rings is 4. The molecular formula is C31H33N3O. The van der Waals surface area contributed by atoms with Crippen LogP contribution >= 0.6 is 0 Å². The Kier molecular flexibility index (Phi) is 7.22. The summed E-state index contributed by atoms with van der Waals surface area (Å²) in [4.78, 5) is 15.3. The topological polar surface area (TPSA) is 44.4 Å². The van der Waals surface area contributed by atoms with Gasteiger partial charge in [-0.2, -0.15) is 0 Å². The quantitative estimate of drug-likeness (QED) is 0.389. The second-order valence-electron chi connectivity index (χ2n) is 9.41. The molecule has 2 N–H and O–H groups in total. The minimum absolute atomic E-state index is 0.0966. The number of nitrogens with one attached hydrogen (secondary N) is 2. The first kappa shape index (κ1) is 23.3. The van der Waals surface area contributed by atoms with Gasteiger partial charge in [-0.3, -0.25) is 9.69 Å². The van der Waals surface area contributed by atoms with E-state index < -0.39 is 0 Å². The Morgan fingerprint density at radius 1 is 0.857 bits per heavy atom. The summed E-state index contributed by atoms with van der Waals surface area (Å²) in [5.74, 6) is 0.306. The Morgan fingerprint density at radius 2 is 1.49 bits per heavy atom. The molecule has 35 heavy (non-hydrogen) atoms. The molecule has 0 spiro atoms. The van der Waals surface area contributed by atoms with Crippen LogP contribution in [0.1, 0.15) is 29.0 Å². The fraction of sp³-hybridized carbons (Fsp3) is 0.258. The number of nitrogens with zero attached hydrogens (tertiary/aromatic N) is 1. The monoisotopic (exact) mass is 463 g/mol. The molecule has 4 heteroatoms. The highest BCUT2D eigenvalue weighted by molar-refractivity contribution is 5.85. The fourth-order valence-corrected chi connectivity index (χ4v) is 5.40. The number of hydrogen-bond acceptors (Lipinski definition) is 3. The summed E-state index contributed by atoms with van der Waals surface area (Å²) < 4.78 is 0. The van der Waals surface area contributed by atoms with Crippen molar-refractivity contribution >= 4 is 16.7 Å². The molecular weight excluding hydrogens is 430 g/mol. The van der Waals surface area contributed by atoms with E-state index in [4.69, 9.17) is 0 Å². The number of likely N-dealkylation sites (N-methyl/N-ethyl adjacent to an activating group) is 1. The molecule has 1 aliphatic heterocycles. The maximum absolute atomic E-state index is 12.9. The van der Waals surface area contributed by atoms with Gasteiger partial charge < -0.3 is 10.6 Å². The van der Waals surface area contributed by atoms with Crippen LogP contribution in [0.25, 0.3) is 10.8 Å². The third kappa shape index (κ3) is 5.29. The molecule has 178 valence electrons. The van der Waals surface area contributed by atoms with Crippen LogP contribution < -0.4 is 10.6 Å². The Morgan fingerprint density at radius 3 is 2.17 bits per heavy atom. The van der Waals surface area contributed by atoms with Gasteiger partial charge in [0, 0.05) is 38.6 Å². The molecule has 1 aliphatic rings. The first-order valence-electron chi connectivity index (χ1n) is 12.5. The van der Waals surface area contributed by atoms with E-state index >= 15 is 0 Å². The van der Waals surface area contributed by atoms with Crippen LogP contribution in [-0.2, 0) is 11.3 Å². The lowest BCUT2D eigenvalue weighted by Crippen LogP contribution is -2.43. The molecule has 4 aromatic carbocycles. The Balaban J connectivity index is 1.35. The van der Waals surface area contributed by atoms with Crippen LogP contribution in [0.4, 0.5) is 0 Å². The van der Waals surface area contributed by atoms with Gasteiger partial charge >= 0.3 is 0 Å². The minimum Gasteiger partial charge on any atom is -0.358 e. The van der Waals surface area contributed by atoms with Crippen molar-refractivity contribution in [1.82, 2.24) is 15.5 Å². The van der Waals surface area contributed by atoms with Crippen LogP contribution in [0, 0.1) is 0 Å². The van der Waals surface area contributed by atoms with Crippen LogP contribution in [-0.4, -0.2) is 43.0 Å². The van der Waals surface area contributed by atoms with Crippen molar-refractivity contribution in [2.24, 2.45) is 0 Å². The van der Waals surface area contributed by atoms with E-state index in [0.717, 1.165) is 26.1 Å². The first-order chi connectivity index (χ1) is 17.2. The van der Waals surface area contributed by atoms with Gasteiger partial charge in [0.05, 0.1) is 6.04 Å². The van der Waals surface area contributed by atoms with Crippen molar-refractivity contribution in [3.63, 3.8) is 0 Å². The predicted molar refractivity (Wildman–Crippen MR) is 143 cm³/mol. The lowest BCUT2D eigenvalue weighted by atomic mass is 9.90. The molecule has 1 amide bonds. The molecule has 4 nitrogen and oxygen atoms in total. The largest absolute Gasteiger partial charge is 0.358 e. The number of hydrogen-bond donors (Lipinski definition) is 2. The van der Waals surface area contributed by atoms with Gasteiger partial charge in [-0.05, 0) is 33.9 Å². The van der Waals surface area contributed by atoms with Gasteiger partial charge in [0.2, 0.25) is 5.91 Å². The van der Waals surface area contributed by atoms with E-state index in [0.29, 0.717) is 0 Å². The second kappa shape index (κ2) is 10.9. The van der Waals surface area contributed by atoms with Crippen molar-refractivity contribution in [3.05, 3.63) is 120 Å². The number of fused-ring (bicyclic) bond motifs is 1. The average Bonchev–Trinajstić information content (AvgIpc) is 3.33. The maximum Gasteiger partial charge on any atom is 0.237 e. The highest BCUT2D eigenvalue weighted by atomic mass is 16.2. The Hall–Kier alpha value is -3.47. The number of carbonyl (C=O) groups excluding carboxylic acids is 1. The summed E-state index contributed by atoms with van der Waals surface area (Å²) >= 11 is 0. The summed E-state index contributed by atoms with van der Waals surface area (Å²) in [5, 5.41) is 9.21. The molecule has 0 saturated carbocycles. The average molecular weight is 464 g/mol. The van der Waals surface area contributed by atoms with Crippen molar-refractivity contribution in [2.75, 3.05) is 20.1 Å². The number of likely N-dealkylation sites (tertiary alicyclic amines) is 1. The minimum atomic E-state index is -0.139. The third-order valence-electron chi connectivity index (χ3n) is 7.23. The molecule has 0 bridgehead atoms. The van der Waals surface area contributed by atoms with Gasteiger partial charge in [0.1, 0.15) is 0 Å². The molecule has 4 aromatic rings. The van der Waals surface area contributed by atoms with Crippen LogP contribution in [0.5, 0.6) is 0 Å². The molecule has 1 fully saturated rings. The molecule has 5 rings (SSSR count). The number of rotatable bonds is 8. The van der Waals surface area contributed by atoms with Crippen LogP contribution in [0.3, 0.4) is 0 Å². The van der Waals surface area contributed by atoms with E-state index in [1.54, 1.807) is 7.05 Å². The predicted octanol–water partition coefficient (Wildman–Crippen LogP) is 4.95. The summed E-state index contributed by atoms with van der Waals surface area (Å²) in [6.07, 6.45) is 0.806. The van der Waals surface area contributed by atoms with Crippen LogP contribution in [0.15, 0.2) is 103 Å². The zero-order valence-electron chi connectivity index (χ0n) is 20.2. The van der Waals surface area contributed by atoms with E-state index in [1.165, 1.54) is 27.5 Å². The van der Waals surface area contributed by atoms with E-state index in [2.05, 4.69) is 119 Å². The van der Waals surface area contributed by atoms with Gasteiger partial charge in [-0.1, -0.05) is 103 Å². The van der Waals surface area contributed by atoms with Crippen molar-refractivity contribution < 1.29 is 4.79 Å². The van der Waals surface area contributed by atoms with Crippen molar-refractivity contribution in [3.8, 4) is 0 Å². The second-order valence-corrected chi connectivity index (χ2v) is 9.41. The van der Waals surface area contributed by atoms with Gasteiger partial charge in [-0.25, -0.2) is 0 Å². The Labute approximate surface area is 208 Å². The third-order valence-corrected chi connectivity index (χ3v) is 7.23. The maximum atomic E-state index is 12.9. The lowest BCUT2D eigenvalue weighted by molar-refractivity contribution is -0.125. The number of carbonyl (C=O) groups is 1. The van der Waals surface area contributed by atoms with Gasteiger partial charge in [-0.15, -0.1) is 0 Å². The molecule has 0 aliphatic carbocycles. The van der Waals surface area contributed by atoms with Crippen LogP contribution in [0.2, 0.25) is 0 Å². The molecule has 0 radical (unpaired) electrons. The highest BCUT2D eigenvalue weighted by Gasteiger charge is 2.37. The smallest absolute Gasteiger partial charge is 0.237 e.